The lowest BCUT2D eigenvalue weighted by Gasteiger charge is -2.40. The van der Waals surface area contributed by atoms with Gasteiger partial charge < -0.3 is 30.5 Å². The van der Waals surface area contributed by atoms with E-state index in [0.717, 1.165) is 6.07 Å². The first-order valence-corrected chi connectivity index (χ1v) is 6.90. The molecule has 2 heterocycles. The predicted molar refractivity (Wildman–Crippen MR) is 75.8 cm³/mol. The molecule has 1 aromatic heterocycles. The van der Waals surface area contributed by atoms with E-state index in [0.29, 0.717) is 0 Å². The Hall–Kier alpha value is -2.38. The van der Waals surface area contributed by atoms with Crippen LogP contribution in [0.2, 0.25) is 0 Å². The van der Waals surface area contributed by atoms with E-state index in [1.54, 1.807) is 0 Å². The highest BCUT2D eigenvalue weighted by atomic mass is 16.6. The standard InChI is InChI=1S/C12H14N4O8/c17-3-6-10(18)11(19)9(12(20)23-6)13-4-1-2-5(16(21)22)8-7(4)14-24-15-8/h1-2,6,9-13,17-20H,3H2/t6?,9-,10-,11?,12?/m0/s1. The number of hydrogen-bond donors (Lipinski definition) is 5. The van der Waals surface area contributed by atoms with Gasteiger partial charge in [0.1, 0.15) is 24.4 Å². The molecule has 5 N–H and O–H groups in total. The molecule has 5 atom stereocenters. The normalized spacial score (nSPS) is 30.4. The highest BCUT2D eigenvalue weighted by Crippen LogP contribution is 2.31. The fraction of sp³-hybridized carbons (Fsp3) is 0.500. The molecule has 130 valence electrons. The Morgan fingerprint density at radius 2 is 1.92 bits per heavy atom. The van der Waals surface area contributed by atoms with Crippen LogP contribution in [-0.4, -0.2) is 72.9 Å². The van der Waals surface area contributed by atoms with Crippen LogP contribution >= 0.6 is 0 Å². The Labute approximate surface area is 133 Å². The zero-order valence-electron chi connectivity index (χ0n) is 12.0. The fourth-order valence-electron chi connectivity index (χ4n) is 2.55. The van der Waals surface area contributed by atoms with Crippen molar-refractivity contribution in [3.05, 3.63) is 22.2 Å². The number of nitro groups is 1. The minimum Gasteiger partial charge on any atom is -0.394 e. The van der Waals surface area contributed by atoms with E-state index in [4.69, 9.17) is 9.84 Å². The van der Waals surface area contributed by atoms with Gasteiger partial charge >= 0.3 is 5.69 Å². The summed E-state index contributed by atoms with van der Waals surface area (Å²) in [5.74, 6) is 0. The number of aromatic nitrogens is 2. The van der Waals surface area contributed by atoms with Gasteiger partial charge in [0.05, 0.1) is 17.2 Å². The van der Waals surface area contributed by atoms with Crippen LogP contribution in [0.1, 0.15) is 0 Å². The molecule has 12 nitrogen and oxygen atoms in total. The molecule has 3 rings (SSSR count). The number of nitrogens with zero attached hydrogens (tertiary/aromatic N) is 3. The Morgan fingerprint density at radius 3 is 2.58 bits per heavy atom. The van der Waals surface area contributed by atoms with E-state index < -0.39 is 42.2 Å². The number of non-ortho nitro benzene ring substituents is 1. The van der Waals surface area contributed by atoms with Crippen molar-refractivity contribution >= 4 is 22.4 Å². The third-order valence-corrected chi connectivity index (χ3v) is 3.81. The predicted octanol–water partition coefficient (Wildman–Crippen LogP) is -1.66. The summed E-state index contributed by atoms with van der Waals surface area (Å²) in [6, 6.07) is 1.28. The molecule has 1 aromatic carbocycles. The first kappa shape index (κ1) is 16.5. The topological polar surface area (TPSA) is 184 Å². The quantitative estimate of drug-likeness (QED) is 0.316. The molecule has 0 amide bonds. The Kier molecular flexibility index (Phi) is 4.29. The molecule has 3 unspecified atom stereocenters. The van der Waals surface area contributed by atoms with Crippen molar-refractivity contribution in [2.45, 2.75) is 30.6 Å². The second-order valence-electron chi connectivity index (χ2n) is 5.25. The zero-order valence-corrected chi connectivity index (χ0v) is 12.0. The average Bonchev–Trinajstić information content (AvgIpc) is 3.04. The van der Waals surface area contributed by atoms with Crippen molar-refractivity contribution in [3.63, 3.8) is 0 Å². The van der Waals surface area contributed by atoms with E-state index in [1.165, 1.54) is 6.07 Å². The summed E-state index contributed by atoms with van der Waals surface area (Å²) in [5, 5.41) is 59.7. The van der Waals surface area contributed by atoms with Crippen LogP contribution in [0.5, 0.6) is 0 Å². The van der Waals surface area contributed by atoms with Gasteiger partial charge in [0, 0.05) is 6.07 Å². The molecule has 2 aromatic rings. The molecule has 1 aliphatic heterocycles. The van der Waals surface area contributed by atoms with E-state index in [9.17, 15) is 25.4 Å². The lowest BCUT2D eigenvalue weighted by molar-refractivity contribution is -0.383. The minimum atomic E-state index is -1.55. The number of nitrogens with one attached hydrogen (secondary N) is 1. The third kappa shape index (κ3) is 2.65. The van der Waals surface area contributed by atoms with Gasteiger partial charge in [-0.05, 0) is 16.4 Å². The molecule has 1 fully saturated rings. The Bertz CT molecular complexity index is 752. The summed E-state index contributed by atoms with van der Waals surface area (Å²) >= 11 is 0. The monoisotopic (exact) mass is 342 g/mol. The van der Waals surface area contributed by atoms with Gasteiger partial charge in [-0.1, -0.05) is 0 Å². The maximum atomic E-state index is 10.9. The smallest absolute Gasteiger partial charge is 0.300 e. The van der Waals surface area contributed by atoms with Crippen molar-refractivity contribution in [2.24, 2.45) is 0 Å². The number of fused-ring (bicyclic) bond motifs is 1. The number of benzene rings is 1. The summed E-state index contributed by atoms with van der Waals surface area (Å²) in [7, 11) is 0. The molecular formula is C12H14N4O8. The SMILES string of the molecule is O=[N+]([O-])c1ccc(N[C@@H]2C(O)OC(CO)[C@H](O)C2O)c2nonc12. The number of hydrogen-bond acceptors (Lipinski definition) is 11. The largest absolute Gasteiger partial charge is 0.394 e. The second kappa shape index (κ2) is 6.26. The lowest BCUT2D eigenvalue weighted by Crippen LogP contribution is -2.61. The molecule has 0 radical (unpaired) electrons. The molecule has 12 heteroatoms. The van der Waals surface area contributed by atoms with Gasteiger partial charge in [-0.2, -0.15) is 0 Å². The zero-order chi connectivity index (χ0) is 17.4. The van der Waals surface area contributed by atoms with Crippen LogP contribution < -0.4 is 5.32 Å². The van der Waals surface area contributed by atoms with Crippen LogP contribution in [0.25, 0.3) is 11.0 Å². The lowest BCUT2D eigenvalue weighted by atomic mass is 9.96. The van der Waals surface area contributed by atoms with Crippen LogP contribution in [0.3, 0.4) is 0 Å². The maximum absolute atomic E-state index is 10.9. The van der Waals surface area contributed by atoms with E-state index >= 15 is 0 Å². The van der Waals surface area contributed by atoms with E-state index in [1.807, 2.05) is 0 Å². The van der Waals surface area contributed by atoms with Gasteiger partial charge in [0.25, 0.3) is 0 Å². The van der Waals surface area contributed by atoms with Crippen molar-refractivity contribution in [1.29, 1.82) is 0 Å². The van der Waals surface area contributed by atoms with Crippen molar-refractivity contribution < 1.29 is 34.7 Å². The Morgan fingerprint density at radius 1 is 1.21 bits per heavy atom. The second-order valence-corrected chi connectivity index (χ2v) is 5.25. The first-order valence-electron chi connectivity index (χ1n) is 6.90. The van der Waals surface area contributed by atoms with E-state index in [-0.39, 0.29) is 22.4 Å². The van der Waals surface area contributed by atoms with Crippen LogP contribution in [0, 0.1) is 10.1 Å². The van der Waals surface area contributed by atoms with E-state index in [2.05, 4.69) is 20.3 Å². The summed E-state index contributed by atoms with van der Waals surface area (Å²) in [6.07, 6.45) is -5.61. The van der Waals surface area contributed by atoms with Crippen LogP contribution in [-0.2, 0) is 4.74 Å². The van der Waals surface area contributed by atoms with Gasteiger partial charge in [0.2, 0.25) is 5.52 Å². The molecule has 0 spiro atoms. The van der Waals surface area contributed by atoms with Gasteiger partial charge in [-0.25, -0.2) is 4.63 Å². The minimum absolute atomic E-state index is 0.0161. The molecule has 0 saturated carbocycles. The summed E-state index contributed by atoms with van der Waals surface area (Å²) in [5.41, 5.74) is -0.238. The van der Waals surface area contributed by atoms with Crippen molar-refractivity contribution in [2.75, 3.05) is 11.9 Å². The number of anilines is 1. The first-order chi connectivity index (χ1) is 11.4. The number of nitro benzene ring substituents is 1. The van der Waals surface area contributed by atoms with Crippen molar-refractivity contribution in [1.82, 2.24) is 10.3 Å². The van der Waals surface area contributed by atoms with Gasteiger partial charge in [-0.3, -0.25) is 10.1 Å². The molecule has 0 aliphatic carbocycles. The number of aliphatic hydroxyl groups is 4. The number of rotatable bonds is 4. The molecule has 1 aliphatic rings. The highest BCUT2D eigenvalue weighted by molar-refractivity contribution is 5.93. The third-order valence-electron chi connectivity index (χ3n) is 3.81. The summed E-state index contributed by atoms with van der Waals surface area (Å²) < 4.78 is 9.54. The average molecular weight is 342 g/mol. The van der Waals surface area contributed by atoms with Crippen molar-refractivity contribution in [3.8, 4) is 0 Å². The molecule has 0 bridgehead atoms. The molecule has 1 saturated heterocycles. The summed E-state index contributed by atoms with van der Waals surface area (Å²) in [6.45, 7) is -0.586. The van der Waals surface area contributed by atoms with Gasteiger partial charge in [0.15, 0.2) is 11.8 Å². The summed E-state index contributed by atoms with van der Waals surface area (Å²) in [4.78, 5) is 10.3. The number of ether oxygens (including phenoxy) is 1. The van der Waals surface area contributed by atoms with Crippen LogP contribution in [0.4, 0.5) is 11.4 Å². The molecular weight excluding hydrogens is 328 g/mol. The fourth-order valence-corrected chi connectivity index (χ4v) is 2.55. The van der Waals surface area contributed by atoms with Crippen LogP contribution in [0.15, 0.2) is 16.8 Å². The highest BCUT2D eigenvalue weighted by Gasteiger charge is 2.44. The van der Waals surface area contributed by atoms with Gasteiger partial charge in [-0.15, -0.1) is 0 Å². The maximum Gasteiger partial charge on any atom is 0.300 e. The molecule has 24 heavy (non-hydrogen) atoms. The number of aliphatic hydroxyl groups excluding tert-OH is 4. The Balaban J connectivity index is 1.91.